The summed E-state index contributed by atoms with van der Waals surface area (Å²) in [6, 6.07) is 5.00. The second kappa shape index (κ2) is 6.85. The van der Waals surface area contributed by atoms with Crippen molar-refractivity contribution in [2.24, 2.45) is 0 Å². The van der Waals surface area contributed by atoms with Crippen LogP contribution in [0, 0.1) is 11.6 Å². The molecule has 1 saturated heterocycles. The fourth-order valence-electron chi connectivity index (χ4n) is 3.76. The van der Waals surface area contributed by atoms with Crippen LogP contribution in [0.2, 0.25) is 0 Å². The lowest BCUT2D eigenvalue weighted by Gasteiger charge is -2.44. The normalized spacial score (nSPS) is 18.9. The van der Waals surface area contributed by atoms with Crippen molar-refractivity contribution in [1.82, 2.24) is 19.7 Å². The van der Waals surface area contributed by atoms with Crippen LogP contribution in [0.1, 0.15) is 11.6 Å². The van der Waals surface area contributed by atoms with Crippen LogP contribution in [-0.2, 0) is 11.1 Å². The number of fused-ring (bicyclic) bond motifs is 1. The molecular weight excluding hydrogens is 437 g/mol. The monoisotopic (exact) mass is 449 g/mol. The summed E-state index contributed by atoms with van der Waals surface area (Å²) in [6.45, 7) is 0. The largest absolute Gasteiger partial charge is 0.504 e. The molecule has 1 aliphatic heterocycles. The van der Waals surface area contributed by atoms with Crippen LogP contribution < -0.4 is 4.90 Å². The Morgan fingerprint density at radius 1 is 1.06 bits per heavy atom. The number of nitrogens with zero attached hydrogens (tertiary/aromatic N) is 4. The maximum atomic E-state index is 14.9. The summed E-state index contributed by atoms with van der Waals surface area (Å²) < 4.78 is 67.8. The van der Waals surface area contributed by atoms with Crippen molar-refractivity contribution in [1.29, 1.82) is 0 Å². The Hall–Kier alpha value is -3.80. The molecule has 0 bridgehead atoms. The lowest BCUT2D eigenvalue weighted by atomic mass is 9.88. The van der Waals surface area contributed by atoms with E-state index in [4.69, 9.17) is 0 Å². The summed E-state index contributed by atoms with van der Waals surface area (Å²) in [7, 11) is 0. The van der Waals surface area contributed by atoms with E-state index in [1.165, 1.54) is 18.5 Å². The fourth-order valence-corrected chi connectivity index (χ4v) is 3.76. The van der Waals surface area contributed by atoms with Gasteiger partial charge in [-0.05, 0) is 35.9 Å². The number of rotatable bonds is 3. The van der Waals surface area contributed by atoms with Crippen molar-refractivity contribution in [3.8, 4) is 11.1 Å². The highest BCUT2D eigenvalue weighted by atomic mass is 19.4. The Bertz CT molecular complexity index is 1340. The highest BCUT2D eigenvalue weighted by Crippen LogP contribution is 2.42. The van der Waals surface area contributed by atoms with E-state index in [1.54, 1.807) is 6.07 Å². The third-order valence-electron chi connectivity index (χ3n) is 5.30. The van der Waals surface area contributed by atoms with E-state index in [2.05, 4.69) is 15.1 Å². The SMILES string of the molecule is O=C1C(O)C(c2c(F)cc(-c3cnn(C(F)(F)F)c3)cc2F)N1c1ccc2[nH]cnc2c1. The first-order valence-corrected chi connectivity index (χ1v) is 9.20. The van der Waals surface area contributed by atoms with Crippen molar-refractivity contribution in [2.45, 2.75) is 18.4 Å². The van der Waals surface area contributed by atoms with Gasteiger partial charge in [-0.15, -0.1) is 13.2 Å². The number of imidazole rings is 1. The third-order valence-corrected chi connectivity index (χ3v) is 5.30. The average molecular weight is 449 g/mol. The highest BCUT2D eigenvalue weighted by Gasteiger charge is 2.50. The molecule has 2 aromatic heterocycles. The molecule has 7 nitrogen and oxygen atoms in total. The van der Waals surface area contributed by atoms with Crippen LogP contribution in [0.5, 0.6) is 0 Å². The van der Waals surface area contributed by atoms with Crippen molar-refractivity contribution in [3.63, 3.8) is 0 Å². The van der Waals surface area contributed by atoms with Crippen LogP contribution in [0.15, 0.2) is 49.1 Å². The number of nitrogens with one attached hydrogen (secondary N) is 1. The number of aliphatic hydroxyl groups excluding tert-OH is 1. The number of halogens is 5. The van der Waals surface area contributed by atoms with Gasteiger partial charge in [-0.1, -0.05) is 0 Å². The summed E-state index contributed by atoms with van der Waals surface area (Å²) in [5.74, 6) is -3.00. The lowest BCUT2D eigenvalue weighted by Crippen LogP contribution is -2.59. The van der Waals surface area contributed by atoms with Crippen molar-refractivity contribution >= 4 is 22.6 Å². The van der Waals surface area contributed by atoms with Gasteiger partial charge in [0.15, 0.2) is 6.10 Å². The number of carbonyl (C=O) groups is 1. The number of aromatic amines is 1. The molecule has 0 saturated carbocycles. The molecule has 0 spiro atoms. The van der Waals surface area contributed by atoms with Gasteiger partial charge < -0.3 is 10.1 Å². The van der Waals surface area contributed by atoms with Gasteiger partial charge in [-0.25, -0.2) is 13.8 Å². The van der Waals surface area contributed by atoms with Crippen LogP contribution >= 0.6 is 0 Å². The molecule has 1 amide bonds. The van der Waals surface area contributed by atoms with Crippen molar-refractivity contribution in [3.05, 3.63) is 66.3 Å². The molecule has 5 rings (SSSR count). The highest BCUT2D eigenvalue weighted by molar-refractivity contribution is 6.05. The molecule has 2 aromatic carbocycles. The average Bonchev–Trinajstić information content (AvgIpc) is 3.41. The molecule has 1 aliphatic rings. The summed E-state index contributed by atoms with van der Waals surface area (Å²) in [5, 5.41) is 13.3. The van der Waals surface area contributed by atoms with Gasteiger partial charge >= 0.3 is 6.30 Å². The van der Waals surface area contributed by atoms with Crippen molar-refractivity contribution < 1.29 is 31.9 Å². The van der Waals surface area contributed by atoms with Crippen molar-refractivity contribution in [2.75, 3.05) is 4.90 Å². The molecule has 0 aliphatic carbocycles. The Morgan fingerprint density at radius 3 is 2.44 bits per heavy atom. The molecule has 4 aromatic rings. The Morgan fingerprint density at radius 2 is 1.78 bits per heavy atom. The number of aliphatic hydroxyl groups is 1. The quantitative estimate of drug-likeness (QED) is 0.370. The zero-order chi connectivity index (χ0) is 22.8. The second-order valence-electron chi connectivity index (χ2n) is 7.20. The van der Waals surface area contributed by atoms with E-state index in [0.29, 0.717) is 17.2 Å². The lowest BCUT2D eigenvalue weighted by molar-refractivity contribution is -0.212. The molecule has 32 heavy (non-hydrogen) atoms. The molecule has 2 atom stereocenters. The molecule has 3 heterocycles. The van der Waals surface area contributed by atoms with E-state index in [-0.39, 0.29) is 21.5 Å². The minimum absolute atomic E-state index is 0.155. The number of anilines is 1. The summed E-state index contributed by atoms with van der Waals surface area (Å²) in [6.07, 6.45) is -3.60. The Labute approximate surface area is 175 Å². The molecule has 164 valence electrons. The van der Waals surface area contributed by atoms with Crippen LogP contribution in [-0.4, -0.2) is 36.9 Å². The number of hydrogen-bond donors (Lipinski definition) is 2. The maximum Gasteiger partial charge on any atom is 0.504 e. The number of aromatic nitrogens is 4. The number of H-pyrrole nitrogens is 1. The molecule has 2 unspecified atom stereocenters. The Balaban J connectivity index is 1.53. The zero-order valence-electron chi connectivity index (χ0n) is 15.8. The van der Waals surface area contributed by atoms with Gasteiger partial charge in [-0.2, -0.15) is 9.78 Å². The van der Waals surface area contributed by atoms with E-state index in [1.807, 2.05) is 0 Å². The summed E-state index contributed by atoms with van der Waals surface area (Å²) >= 11 is 0. The smallest absolute Gasteiger partial charge is 0.381 e. The first-order chi connectivity index (χ1) is 15.1. The fraction of sp³-hybridized carbons (Fsp3) is 0.150. The second-order valence-corrected chi connectivity index (χ2v) is 7.20. The Kier molecular flexibility index (Phi) is 4.31. The first kappa shape index (κ1) is 20.1. The number of amides is 1. The first-order valence-electron chi connectivity index (χ1n) is 9.20. The number of carbonyl (C=O) groups excluding carboxylic acids is 1. The van der Waals surface area contributed by atoms with E-state index < -0.39 is 41.6 Å². The van der Waals surface area contributed by atoms with Gasteiger partial charge in [0.05, 0.1) is 23.6 Å². The van der Waals surface area contributed by atoms with Gasteiger partial charge in [0, 0.05) is 23.0 Å². The van der Waals surface area contributed by atoms with Crippen LogP contribution in [0.3, 0.4) is 0 Å². The minimum Gasteiger partial charge on any atom is -0.381 e. The molecule has 12 heteroatoms. The predicted molar refractivity (Wildman–Crippen MR) is 101 cm³/mol. The number of benzene rings is 2. The maximum absolute atomic E-state index is 14.9. The number of alkyl halides is 3. The predicted octanol–water partition coefficient (Wildman–Crippen LogP) is 3.63. The third kappa shape index (κ3) is 3.02. The molecular formula is C20H12F5N5O2. The van der Waals surface area contributed by atoms with Crippen LogP contribution in [0.4, 0.5) is 27.6 Å². The molecule has 2 N–H and O–H groups in total. The van der Waals surface area contributed by atoms with Gasteiger partial charge in [-0.3, -0.25) is 9.69 Å². The van der Waals surface area contributed by atoms with Gasteiger partial charge in [0.2, 0.25) is 0 Å². The van der Waals surface area contributed by atoms with E-state index in [9.17, 15) is 31.9 Å². The van der Waals surface area contributed by atoms with Gasteiger partial charge in [0.25, 0.3) is 5.91 Å². The van der Waals surface area contributed by atoms with E-state index >= 15 is 0 Å². The summed E-state index contributed by atoms with van der Waals surface area (Å²) in [4.78, 5) is 20.3. The van der Waals surface area contributed by atoms with Crippen LogP contribution in [0.25, 0.3) is 22.2 Å². The standard InChI is InChI=1S/C20H12F5N5O2/c21-12-3-9(10-6-28-29(7-10)20(23,24)25)4-13(22)16(12)17-18(31)19(32)30(17)11-1-2-14-15(5-11)27-8-26-14/h1-8,17-18,31H,(H,26,27). The topological polar surface area (TPSA) is 87.0 Å². The number of β-lactam (4-membered cyclic amide) rings is 1. The van der Waals surface area contributed by atoms with E-state index in [0.717, 1.165) is 23.2 Å². The number of hydrogen-bond acceptors (Lipinski definition) is 4. The minimum atomic E-state index is -4.78. The molecule has 1 fully saturated rings. The molecule has 0 radical (unpaired) electrons. The summed E-state index contributed by atoms with van der Waals surface area (Å²) in [5.41, 5.74) is 0.556. The van der Waals surface area contributed by atoms with Gasteiger partial charge in [0.1, 0.15) is 17.7 Å². The zero-order valence-corrected chi connectivity index (χ0v) is 15.8.